The normalized spacial score (nSPS) is 31.3. The van der Waals surface area contributed by atoms with Crippen molar-refractivity contribution in [2.75, 3.05) is 0 Å². The van der Waals surface area contributed by atoms with Crippen molar-refractivity contribution in [3.05, 3.63) is 35.9 Å². The Morgan fingerprint density at radius 1 is 1.17 bits per heavy atom. The van der Waals surface area contributed by atoms with Crippen molar-refractivity contribution in [3.63, 3.8) is 0 Å². The molecule has 5 nitrogen and oxygen atoms in total. The van der Waals surface area contributed by atoms with E-state index in [2.05, 4.69) is 5.32 Å². The van der Waals surface area contributed by atoms with Crippen molar-refractivity contribution in [1.82, 2.24) is 10.2 Å². The number of rotatable bonds is 5. The Labute approximate surface area is 135 Å². The Balaban J connectivity index is 1.44. The highest BCUT2D eigenvalue weighted by Gasteiger charge is 2.58. The summed E-state index contributed by atoms with van der Waals surface area (Å²) in [5.41, 5.74) is 0.866. The number of nitrogens with zero attached hydrogens (tertiary/aromatic N) is 1. The summed E-state index contributed by atoms with van der Waals surface area (Å²) in [6.07, 6.45) is 3.79. The average Bonchev–Trinajstić information content (AvgIpc) is 2.83. The Morgan fingerprint density at radius 3 is 2.48 bits per heavy atom. The molecule has 2 bridgehead atoms. The largest absolute Gasteiger partial charge is 0.344 e. The van der Waals surface area contributed by atoms with E-state index in [0.717, 1.165) is 30.7 Å². The molecule has 5 heteroatoms. The van der Waals surface area contributed by atoms with E-state index in [4.69, 9.17) is 0 Å². The van der Waals surface area contributed by atoms with Gasteiger partial charge in [0.2, 0.25) is 11.7 Å². The number of Topliss-reactive ketones (excluding diaryl/α,β-unsaturated/α-hetero) is 1. The van der Waals surface area contributed by atoms with Gasteiger partial charge in [0.15, 0.2) is 0 Å². The molecule has 3 saturated carbocycles. The molecule has 2 amide bonds. The number of hydrogen-bond donors (Lipinski definition) is 1. The second kappa shape index (κ2) is 5.18. The summed E-state index contributed by atoms with van der Waals surface area (Å²) in [6.45, 7) is 0.385. The van der Waals surface area contributed by atoms with Gasteiger partial charge in [0.25, 0.3) is 5.91 Å². The molecular formula is C18H20N2O3. The van der Waals surface area contributed by atoms with Crippen LogP contribution in [0.15, 0.2) is 30.3 Å². The molecule has 3 aliphatic carbocycles. The molecule has 4 aliphatic rings. The quantitative estimate of drug-likeness (QED) is 0.836. The van der Waals surface area contributed by atoms with Gasteiger partial charge >= 0.3 is 0 Å². The number of hydrogen-bond acceptors (Lipinski definition) is 3. The molecule has 4 fully saturated rings. The van der Waals surface area contributed by atoms with Crippen LogP contribution in [0.4, 0.5) is 0 Å². The Hall–Kier alpha value is -2.17. The summed E-state index contributed by atoms with van der Waals surface area (Å²) >= 11 is 0. The first-order valence-corrected chi connectivity index (χ1v) is 8.26. The van der Waals surface area contributed by atoms with Crippen LogP contribution in [0, 0.1) is 5.92 Å². The summed E-state index contributed by atoms with van der Waals surface area (Å²) in [4.78, 5) is 38.5. The molecule has 1 aromatic rings. The van der Waals surface area contributed by atoms with Crippen LogP contribution in [0.2, 0.25) is 0 Å². The van der Waals surface area contributed by atoms with E-state index in [1.165, 1.54) is 0 Å². The van der Waals surface area contributed by atoms with Gasteiger partial charge in [-0.2, -0.15) is 0 Å². The van der Waals surface area contributed by atoms with Gasteiger partial charge in [0.05, 0.1) is 0 Å². The topological polar surface area (TPSA) is 66.5 Å². The number of carbonyl (C=O) groups is 3. The number of likely N-dealkylation sites (tertiary alicyclic amines) is 1. The highest BCUT2D eigenvalue weighted by atomic mass is 16.2. The van der Waals surface area contributed by atoms with Crippen LogP contribution < -0.4 is 5.32 Å². The zero-order chi connectivity index (χ0) is 16.0. The highest BCUT2D eigenvalue weighted by molar-refractivity contribution is 6.38. The fourth-order valence-corrected chi connectivity index (χ4v) is 4.07. The fraction of sp³-hybridized carbons (Fsp3) is 0.500. The minimum Gasteiger partial charge on any atom is -0.344 e. The van der Waals surface area contributed by atoms with Gasteiger partial charge in [-0.1, -0.05) is 30.3 Å². The van der Waals surface area contributed by atoms with Gasteiger partial charge in [-0.25, -0.2) is 0 Å². The highest BCUT2D eigenvalue weighted by Crippen LogP contribution is 2.56. The van der Waals surface area contributed by atoms with Gasteiger partial charge in [0.1, 0.15) is 6.04 Å². The zero-order valence-electron chi connectivity index (χ0n) is 13.0. The number of carbonyl (C=O) groups excluding carboxylic acids is 3. The lowest BCUT2D eigenvalue weighted by Crippen LogP contribution is -2.69. The van der Waals surface area contributed by atoms with Crippen molar-refractivity contribution in [2.45, 2.75) is 50.2 Å². The third-order valence-electron chi connectivity index (χ3n) is 5.47. The molecule has 1 aliphatic heterocycles. The zero-order valence-corrected chi connectivity index (χ0v) is 13.0. The molecule has 5 rings (SSSR count). The van der Waals surface area contributed by atoms with E-state index in [9.17, 15) is 14.4 Å². The van der Waals surface area contributed by atoms with Crippen LogP contribution in [-0.4, -0.2) is 34.1 Å². The molecule has 0 radical (unpaired) electrons. The lowest BCUT2D eigenvalue weighted by atomic mass is 9.50. The molecule has 1 N–H and O–H groups in total. The van der Waals surface area contributed by atoms with Crippen LogP contribution in [-0.2, 0) is 20.9 Å². The first kappa shape index (κ1) is 14.4. The van der Waals surface area contributed by atoms with Crippen molar-refractivity contribution in [2.24, 2.45) is 5.92 Å². The van der Waals surface area contributed by atoms with Crippen LogP contribution in [0.25, 0.3) is 0 Å². The lowest BCUT2D eigenvalue weighted by molar-refractivity contribution is -0.148. The van der Waals surface area contributed by atoms with E-state index in [-0.39, 0.29) is 11.4 Å². The lowest BCUT2D eigenvalue weighted by Gasteiger charge is -2.61. The van der Waals surface area contributed by atoms with Crippen LogP contribution >= 0.6 is 0 Å². The standard InChI is InChI=1S/C18H20N2O3/c21-15-7-6-14(20(15)11-12-4-2-1-3-5-12)16(22)17(23)19-18-8-13(9-18)10-18/h1-5,13-14H,6-11H2,(H,19,23)/t13?,14-,18?/m1/s1. The van der Waals surface area contributed by atoms with Crippen molar-refractivity contribution < 1.29 is 14.4 Å². The van der Waals surface area contributed by atoms with Crippen molar-refractivity contribution >= 4 is 17.6 Å². The van der Waals surface area contributed by atoms with Crippen LogP contribution in [0.1, 0.15) is 37.7 Å². The summed E-state index contributed by atoms with van der Waals surface area (Å²) < 4.78 is 0. The molecule has 1 aromatic carbocycles. The Kier molecular flexibility index (Phi) is 3.25. The first-order chi connectivity index (χ1) is 11.1. The van der Waals surface area contributed by atoms with Crippen LogP contribution in [0.3, 0.4) is 0 Å². The SMILES string of the molecule is O=C(NC12CC(C1)C2)C(=O)[C@H]1CCC(=O)N1Cc1ccccc1. The summed E-state index contributed by atoms with van der Waals surface area (Å²) in [5, 5.41) is 2.91. The van der Waals surface area contributed by atoms with Crippen LogP contribution in [0.5, 0.6) is 0 Å². The predicted molar refractivity (Wildman–Crippen MR) is 83.2 cm³/mol. The van der Waals surface area contributed by atoms with E-state index >= 15 is 0 Å². The smallest absolute Gasteiger partial charge is 0.290 e. The summed E-state index contributed by atoms with van der Waals surface area (Å²) in [7, 11) is 0. The number of benzene rings is 1. The molecule has 0 unspecified atom stereocenters. The average molecular weight is 312 g/mol. The molecule has 1 heterocycles. The van der Waals surface area contributed by atoms with Gasteiger partial charge < -0.3 is 10.2 Å². The molecule has 1 atom stereocenters. The molecule has 120 valence electrons. The van der Waals surface area contributed by atoms with E-state index in [1.54, 1.807) is 4.90 Å². The van der Waals surface area contributed by atoms with Gasteiger partial charge in [-0.3, -0.25) is 14.4 Å². The Bertz CT molecular complexity index is 653. The maximum atomic E-state index is 12.5. The third-order valence-corrected chi connectivity index (χ3v) is 5.47. The number of nitrogens with one attached hydrogen (secondary N) is 1. The maximum Gasteiger partial charge on any atom is 0.290 e. The number of ketones is 1. The summed E-state index contributed by atoms with van der Waals surface area (Å²) in [5.74, 6) is -0.282. The van der Waals surface area contributed by atoms with E-state index < -0.39 is 17.7 Å². The molecular weight excluding hydrogens is 292 g/mol. The molecule has 23 heavy (non-hydrogen) atoms. The van der Waals surface area contributed by atoms with Crippen molar-refractivity contribution in [1.29, 1.82) is 0 Å². The molecule has 0 spiro atoms. The minimum atomic E-state index is -0.616. The predicted octanol–water partition coefficient (Wildman–Crippen LogP) is 1.42. The summed E-state index contributed by atoms with van der Waals surface area (Å²) in [6, 6.07) is 8.96. The van der Waals surface area contributed by atoms with Gasteiger partial charge in [-0.05, 0) is 37.2 Å². The van der Waals surface area contributed by atoms with E-state index in [0.29, 0.717) is 19.4 Å². The third kappa shape index (κ3) is 2.44. The second-order valence-corrected chi connectivity index (χ2v) is 7.14. The second-order valence-electron chi connectivity index (χ2n) is 7.14. The fourth-order valence-electron chi connectivity index (χ4n) is 4.07. The maximum absolute atomic E-state index is 12.5. The number of amides is 2. The monoisotopic (exact) mass is 312 g/mol. The van der Waals surface area contributed by atoms with Gasteiger partial charge in [0, 0.05) is 18.5 Å². The minimum absolute atomic E-state index is 0.0504. The van der Waals surface area contributed by atoms with Crippen molar-refractivity contribution in [3.8, 4) is 0 Å². The Morgan fingerprint density at radius 2 is 1.87 bits per heavy atom. The molecule has 1 saturated heterocycles. The van der Waals surface area contributed by atoms with E-state index in [1.807, 2.05) is 30.3 Å². The van der Waals surface area contributed by atoms with Gasteiger partial charge in [-0.15, -0.1) is 0 Å². The molecule has 0 aromatic heterocycles. The first-order valence-electron chi connectivity index (χ1n) is 8.26.